The van der Waals surface area contributed by atoms with Crippen LogP contribution in [0.1, 0.15) is 0 Å². The average molecular weight is 253 g/mol. The van der Waals surface area contributed by atoms with Crippen LogP contribution < -0.4 is 5.73 Å². The molecule has 0 aliphatic heterocycles. The summed E-state index contributed by atoms with van der Waals surface area (Å²) >= 11 is 0. The highest BCUT2D eigenvalue weighted by Crippen LogP contribution is 2.30. The molecule has 0 aromatic heterocycles. The first-order chi connectivity index (χ1) is 7.94. The summed E-state index contributed by atoms with van der Waals surface area (Å²) in [4.78, 5) is -0.101. The van der Waals surface area contributed by atoms with Crippen molar-refractivity contribution in [2.75, 3.05) is 12.8 Å². The number of aromatic hydroxyl groups is 1. The number of phenols is 1. The van der Waals surface area contributed by atoms with E-state index in [1.807, 2.05) is 0 Å². The van der Waals surface area contributed by atoms with Crippen LogP contribution in [-0.2, 0) is 14.3 Å². The molecule has 0 heterocycles. The number of hydrogen-bond acceptors (Lipinski definition) is 5. The van der Waals surface area contributed by atoms with Gasteiger partial charge in [0.2, 0.25) is 0 Å². The molecule has 90 valence electrons. The van der Waals surface area contributed by atoms with Gasteiger partial charge in [-0.25, -0.2) is 0 Å². The zero-order valence-electron chi connectivity index (χ0n) is 9.04. The molecule has 0 fully saturated rings. The topological polar surface area (TPSA) is 89.6 Å². The lowest BCUT2D eigenvalue weighted by Gasteiger charge is -2.06. The summed E-state index contributed by atoms with van der Waals surface area (Å²) in [6.45, 7) is 0. The van der Waals surface area contributed by atoms with E-state index in [-0.39, 0.29) is 10.6 Å². The highest BCUT2D eigenvalue weighted by molar-refractivity contribution is 7.86. The van der Waals surface area contributed by atoms with E-state index in [1.165, 1.54) is 6.07 Å². The maximum absolute atomic E-state index is 11.5. The quantitative estimate of drug-likeness (QED) is 0.624. The van der Waals surface area contributed by atoms with Gasteiger partial charge in [0, 0.05) is 17.1 Å². The number of anilines is 1. The third-order valence-electron chi connectivity index (χ3n) is 2.44. The summed E-state index contributed by atoms with van der Waals surface area (Å²) in [6, 6.07) is 7.40. The zero-order chi connectivity index (χ0) is 12.6. The molecule has 0 unspecified atom stereocenters. The van der Waals surface area contributed by atoms with Crippen molar-refractivity contribution in [1.82, 2.24) is 0 Å². The van der Waals surface area contributed by atoms with Crippen LogP contribution in [0.25, 0.3) is 10.8 Å². The molecule has 0 spiro atoms. The fourth-order valence-corrected chi connectivity index (χ4v) is 2.30. The van der Waals surface area contributed by atoms with Gasteiger partial charge in [-0.2, -0.15) is 8.42 Å². The normalized spacial score (nSPS) is 11.8. The predicted octanol–water partition coefficient (Wildman–Crippen LogP) is 1.46. The van der Waals surface area contributed by atoms with E-state index in [9.17, 15) is 13.5 Å². The minimum absolute atomic E-state index is 0.101. The molecule has 2 rings (SSSR count). The molecule has 0 saturated heterocycles. The van der Waals surface area contributed by atoms with E-state index < -0.39 is 10.1 Å². The van der Waals surface area contributed by atoms with Crippen LogP contribution in [0.15, 0.2) is 35.2 Å². The van der Waals surface area contributed by atoms with Gasteiger partial charge in [-0.1, -0.05) is 0 Å². The predicted molar refractivity (Wildman–Crippen MR) is 64.2 cm³/mol. The van der Waals surface area contributed by atoms with Crippen LogP contribution in [0, 0.1) is 0 Å². The Kier molecular flexibility index (Phi) is 2.68. The van der Waals surface area contributed by atoms with Gasteiger partial charge in [-0.15, -0.1) is 0 Å². The molecule has 0 aliphatic rings. The van der Waals surface area contributed by atoms with Crippen molar-refractivity contribution in [2.45, 2.75) is 4.90 Å². The number of phenolic OH excluding ortho intramolecular Hbond substituents is 1. The van der Waals surface area contributed by atoms with Crippen molar-refractivity contribution in [3.8, 4) is 5.75 Å². The van der Waals surface area contributed by atoms with Gasteiger partial charge in [0.15, 0.2) is 0 Å². The molecular formula is C11H11NO4S. The number of benzene rings is 2. The molecule has 6 heteroatoms. The van der Waals surface area contributed by atoms with Crippen LogP contribution in [0.5, 0.6) is 5.75 Å². The Balaban J connectivity index is 2.79. The van der Waals surface area contributed by atoms with Crippen molar-refractivity contribution in [3.05, 3.63) is 30.3 Å². The van der Waals surface area contributed by atoms with Gasteiger partial charge in [0.25, 0.3) is 10.1 Å². The Labute approximate surface area is 98.6 Å². The van der Waals surface area contributed by atoms with Gasteiger partial charge in [-0.05, 0) is 29.7 Å². The Hall–Kier alpha value is -1.79. The van der Waals surface area contributed by atoms with Crippen LogP contribution in [0.3, 0.4) is 0 Å². The van der Waals surface area contributed by atoms with Crippen molar-refractivity contribution < 1.29 is 17.7 Å². The lowest BCUT2D eigenvalue weighted by Crippen LogP contribution is -2.02. The monoisotopic (exact) mass is 253 g/mol. The number of fused-ring (bicyclic) bond motifs is 1. The Morgan fingerprint density at radius 3 is 2.59 bits per heavy atom. The Morgan fingerprint density at radius 2 is 1.94 bits per heavy atom. The molecule has 0 atom stereocenters. The number of hydrogen-bond donors (Lipinski definition) is 2. The lowest BCUT2D eigenvalue weighted by atomic mass is 10.1. The molecule has 17 heavy (non-hydrogen) atoms. The minimum Gasteiger partial charge on any atom is -0.507 e. The largest absolute Gasteiger partial charge is 0.507 e. The third-order valence-corrected chi connectivity index (χ3v) is 3.69. The third kappa shape index (κ3) is 2.04. The van der Waals surface area contributed by atoms with Crippen LogP contribution >= 0.6 is 0 Å². The standard InChI is InChI=1S/C11H11NO4S/c1-16-17(14,15)9-5-7-4-8(12)2-3-10(7)11(13)6-9/h2-6,13H,12H2,1H3. The summed E-state index contributed by atoms with van der Waals surface area (Å²) in [7, 11) is -2.76. The van der Waals surface area contributed by atoms with Gasteiger partial charge in [-0.3, -0.25) is 4.18 Å². The number of nitrogens with two attached hydrogens (primary N) is 1. The van der Waals surface area contributed by atoms with Crippen LogP contribution in [0.2, 0.25) is 0 Å². The Bertz CT molecular complexity index is 679. The van der Waals surface area contributed by atoms with E-state index in [1.54, 1.807) is 18.2 Å². The molecule has 2 aromatic carbocycles. The minimum atomic E-state index is -3.83. The van der Waals surface area contributed by atoms with Crippen molar-refractivity contribution >= 4 is 26.6 Å². The zero-order valence-corrected chi connectivity index (χ0v) is 9.86. The second-order valence-corrected chi connectivity index (χ2v) is 5.26. The molecule has 0 aliphatic carbocycles. The fraction of sp³-hybridized carbons (Fsp3) is 0.0909. The maximum atomic E-state index is 11.5. The molecular weight excluding hydrogens is 242 g/mol. The van der Waals surface area contributed by atoms with Gasteiger partial charge in [0.1, 0.15) is 5.75 Å². The first kappa shape index (κ1) is 11.7. The molecule has 3 N–H and O–H groups in total. The van der Waals surface area contributed by atoms with Gasteiger partial charge >= 0.3 is 0 Å². The van der Waals surface area contributed by atoms with Crippen LogP contribution in [-0.4, -0.2) is 20.6 Å². The molecule has 0 radical (unpaired) electrons. The van der Waals surface area contributed by atoms with Gasteiger partial charge < -0.3 is 10.8 Å². The SMILES string of the molecule is COS(=O)(=O)c1cc(O)c2ccc(N)cc2c1. The molecule has 0 saturated carbocycles. The molecule has 2 aromatic rings. The summed E-state index contributed by atoms with van der Waals surface area (Å²) in [5.41, 5.74) is 6.09. The first-order valence-electron chi connectivity index (χ1n) is 4.77. The molecule has 5 nitrogen and oxygen atoms in total. The lowest BCUT2D eigenvalue weighted by molar-refractivity contribution is 0.397. The van der Waals surface area contributed by atoms with E-state index in [0.717, 1.165) is 13.2 Å². The van der Waals surface area contributed by atoms with Crippen molar-refractivity contribution in [3.63, 3.8) is 0 Å². The second-order valence-electron chi connectivity index (χ2n) is 3.54. The Morgan fingerprint density at radius 1 is 1.24 bits per heavy atom. The van der Waals surface area contributed by atoms with Crippen molar-refractivity contribution in [1.29, 1.82) is 0 Å². The second kappa shape index (κ2) is 3.90. The van der Waals surface area contributed by atoms with E-state index in [2.05, 4.69) is 4.18 Å². The fourth-order valence-electron chi connectivity index (χ4n) is 1.58. The molecule has 0 amide bonds. The average Bonchev–Trinajstić information content (AvgIpc) is 2.28. The highest BCUT2D eigenvalue weighted by Gasteiger charge is 2.15. The van der Waals surface area contributed by atoms with E-state index in [4.69, 9.17) is 5.73 Å². The summed E-state index contributed by atoms with van der Waals surface area (Å²) in [5.74, 6) is -0.127. The van der Waals surface area contributed by atoms with Crippen LogP contribution in [0.4, 0.5) is 5.69 Å². The molecule has 0 bridgehead atoms. The first-order valence-corrected chi connectivity index (χ1v) is 6.18. The summed E-state index contributed by atoms with van der Waals surface area (Å²) in [5, 5.41) is 10.8. The number of nitrogen functional groups attached to an aromatic ring is 1. The smallest absolute Gasteiger partial charge is 0.296 e. The maximum Gasteiger partial charge on any atom is 0.296 e. The number of rotatable bonds is 2. The highest BCUT2D eigenvalue weighted by atomic mass is 32.2. The van der Waals surface area contributed by atoms with Crippen molar-refractivity contribution in [2.24, 2.45) is 0 Å². The summed E-state index contributed by atoms with van der Waals surface area (Å²) in [6.07, 6.45) is 0. The van der Waals surface area contributed by atoms with E-state index >= 15 is 0 Å². The summed E-state index contributed by atoms with van der Waals surface area (Å²) < 4.78 is 27.4. The van der Waals surface area contributed by atoms with Gasteiger partial charge in [0.05, 0.1) is 12.0 Å². The van der Waals surface area contributed by atoms with E-state index in [0.29, 0.717) is 16.5 Å².